The van der Waals surface area contributed by atoms with Crippen molar-refractivity contribution in [2.75, 3.05) is 83.4 Å². The average molecular weight is 983 g/mol. The fourth-order valence-corrected chi connectivity index (χ4v) is 9.01. The minimum absolute atomic E-state index is 0.0832. The monoisotopic (exact) mass is 982 g/mol. The van der Waals surface area contributed by atoms with Crippen LogP contribution in [0.5, 0.6) is 17.2 Å². The van der Waals surface area contributed by atoms with Crippen molar-refractivity contribution in [3.8, 4) is 39.6 Å². The predicted molar refractivity (Wildman–Crippen MR) is 252 cm³/mol. The lowest BCUT2D eigenvalue weighted by Gasteiger charge is -2.35. The summed E-state index contributed by atoms with van der Waals surface area (Å²) in [5.74, 6) is 0.485. The van der Waals surface area contributed by atoms with Crippen molar-refractivity contribution in [2.24, 2.45) is 0 Å². The SMILES string of the molecule is Cc1ccc(NC(=O)C2(c3ccc4c(c3)OC(F)(F)O4)CC2)nc1-c1cccc(C[N+](=O)CCOCCOCCOCC(=O)N2CCN(C(=O)[C@H]3Cc4cc(Cl)cc(-c5ccnc(N)c5)c4O3)CC2)c1. The number of anilines is 2. The van der Waals surface area contributed by atoms with E-state index in [0.29, 0.717) is 79.1 Å². The first-order valence-electron chi connectivity index (χ1n) is 23.0. The number of amides is 3. The van der Waals surface area contributed by atoms with Gasteiger partial charge in [-0.15, -0.1) is 8.78 Å². The van der Waals surface area contributed by atoms with Gasteiger partial charge in [-0.05, 0) is 85.0 Å². The third-order valence-electron chi connectivity index (χ3n) is 12.6. The maximum atomic E-state index is 13.6. The summed E-state index contributed by atoms with van der Waals surface area (Å²) in [4.78, 5) is 64.9. The number of nitrogen functional groups attached to an aromatic ring is 1. The third kappa shape index (κ3) is 11.1. The number of alkyl halides is 2. The number of halogens is 3. The average Bonchev–Trinajstić information content (AvgIpc) is 3.95. The maximum Gasteiger partial charge on any atom is 0.586 e. The summed E-state index contributed by atoms with van der Waals surface area (Å²) in [7, 11) is 0. The molecule has 3 amide bonds. The van der Waals surface area contributed by atoms with Crippen LogP contribution >= 0.6 is 11.6 Å². The van der Waals surface area contributed by atoms with E-state index < -0.39 is 17.8 Å². The molecule has 0 bridgehead atoms. The molecule has 1 saturated heterocycles. The summed E-state index contributed by atoms with van der Waals surface area (Å²) in [6.07, 6.45) is -1.38. The highest BCUT2D eigenvalue weighted by Crippen LogP contribution is 2.52. The molecule has 0 unspecified atom stereocenters. The van der Waals surface area contributed by atoms with E-state index in [-0.39, 0.29) is 82.0 Å². The maximum absolute atomic E-state index is 13.6. The van der Waals surface area contributed by atoms with Gasteiger partial charge in [0.15, 0.2) is 17.6 Å². The largest absolute Gasteiger partial charge is 0.586 e. The van der Waals surface area contributed by atoms with Crippen molar-refractivity contribution in [2.45, 2.75) is 50.5 Å². The number of fused-ring (bicyclic) bond motifs is 2. The minimum atomic E-state index is -3.75. The Balaban J connectivity index is 0.635. The zero-order chi connectivity index (χ0) is 49.0. The van der Waals surface area contributed by atoms with Crippen LogP contribution in [0.15, 0.2) is 85.1 Å². The van der Waals surface area contributed by atoms with Crippen LogP contribution in [0, 0.1) is 11.8 Å². The van der Waals surface area contributed by atoms with Crippen LogP contribution in [-0.2, 0) is 47.0 Å². The number of piperazine rings is 1. The Labute approximate surface area is 406 Å². The van der Waals surface area contributed by atoms with E-state index in [2.05, 4.69) is 19.8 Å². The fourth-order valence-electron chi connectivity index (χ4n) is 8.77. The quantitative estimate of drug-likeness (QED) is 0.0687. The molecule has 1 saturated carbocycles. The molecule has 9 rings (SSSR count). The predicted octanol–water partition coefficient (Wildman–Crippen LogP) is 6.35. The van der Waals surface area contributed by atoms with Gasteiger partial charge in [0.05, 0.1) is 37.5 Å². The summed E-state index contributed by atoms with van der Waals surface area (Å²) in [5.41, 5.74) is 11.0. The van der Waals surface area contributed by atoms with Gasteiger partial charge in [-0.25, -0.2) is 9.97 Å². The molecule has 0 spiro atoms. The van der Waals surface area contributed by atoms with Gasteiger partial charge in [-0.3, -0.25) is 14.4 Å². The molecule has 3 aromatic carbocycles. The molecule has 3 aliphatic heterocycles. The number of aromatic nitrogens is 2. The number of ether oxygens (including phenoxy) is 6. The summed E-state index contributed by atoms with van der Waals surface area (Å²) in [6.45, 7) is 4.75. The number of hydrogen-bond acceptors (Lipinski definition) is 13. The van der Waals surface area contributed by atoms with E-state index in [0.717, 1.165) is 38.1 Å². The molecule has 5 heterocycles. The summed E-state index contributed by atoms with van der Waals surface area (Å²) >= 11 is 6.42. The zero-order valence-electron chi connectivity index (χ0n) is 38.3. The number of aryl methyl sites for hydroxylation is 1. The van der Waals surface area contributed by atoms with Crippen molar-refractivity contribution in [3.05, 3.63) is 117 Å². The number of benzene rings is 3. The second kappa shape index (κ2) is 20.7. The Morgan fingerprint density at radius 2 is 1.61 bits per heavy atom. The lowest BCUT2D eigenvalue weighted by atomic mass is 9.94. The van der Waals surface area contributed by atoms with Gasteiger partial charge in [0.2, 0.25) is 24.9 Å². The molecule has 20 heteroatoms. The Bertz CT molecular complexity index is 2810. The first-order valence-corrected chi connectivity index (χ1v) is 23.3. The molecule has 1 aliphatic carbocycles. The van der Waals surface area contributed by atoms with E-state index >= 15 is 0 Å². The standard InChI is InChI=1S/C50H50ClF2N7O10/c1-31-5-8-43(57-48(63)49(10-11-49)36-6-7-39-40(27-36)70-50(52,53)69-39)56-45(31)34-4-2-3-32(23-34)29-60(64)17-18-65-19-20-66-21-22-67-30-44(61)58-13-15-59(16-14-58)47(62)41-25-35-24-37(51)28-38(46(35)68-41)33-9-12-55-42(54)26-33/h2-9,12,23-24,26-28,41H,10-11,13-22,25,29-30H2,1H3,(H2-,54,55,56,57,63)/p+1/t41-/m1/s1. The number of rotatable bonds is 19. The summed E-state index contributed by atoms with van der Waals surface area (Å²) < 4.78 is 60.2. The van der Waals surface area contributed by atoms with Crippen molar-refractivity contribution >= 4 is 41.0 Å². The smallest absolute Gasteiger partial charge is 0.479 e. The van der Waals surface area contributed by atoms with Crippen molar-refractivity contribution in [1.82, 2.24) is 19.8 Å². The van der Waals surface area contributed by atoms with E-state index in [4.69, 9.17) is 41.3 Å². The number of nitrogens with zero attached hydrogens (tertiary/aromatic N) is 5. The number of hydrogen-bond donors (Lipinski definition) is 2. The molecule has 70 heavy (non-hydrogen) atoms. The van der Waals surface area contributed by atoms with E-state index in [1.165, 1.54) is 12.1 Å². The second-order valence-electron chi connectivity index (χ2n) is 17.5. The second-order valence-corrected chi connectivity index (χ2v) is 17.9. The molecule has 3 N–H and O–H groups in total. The third-order valence-corrected chi connectivity index (χ3v) is 12.8. The topological polar surface area (TPSA) is 197 Å². The van der Waals surface area contributed by atoms with Crippen LogP contribution in [-0.4, -0.2) is 127 Å². The van der Waals surface area contributed by atoms with Crippen LogP contribution < -0.4 is 25.3 Å². The summed E-state index contributed by atoms with van der Waals surface area (Å²) in [6, 6.07) is 22.6. The van der Waals surface area contributed by atoms with Crippen LogP contribution in [0.2, 0.25) is 5.02 Å². The van der Waals surface area contributed by atoms with Gasteiger partial charge < -0.3 is 49.3 Å². The molecule has 1 atom stereocenters. The number of nitrogens with two attached hydrogens (primary N) is 1. The van der Waals surface area contributed by atoms with Gasteiger partial charge in [0.1, 0.15) is 30.6 Å². The molecule has 4 aliphatic rings. The van der Waals surface area contributed by atoms with E-state index in [9.17, 15) is 28.1 Å². The number of carbonyl (C=O) groups excluding carboxylic acids is 3. The summed E-state index contributed by atoms with van der Waals surface area (Å²) in [5, 5.41) is 3.44. The Morgan fingerprint density at radius 3 is 2.39 bits per heavy atom. The van der Waals surface area contributed by atoms with Crippen molar-refractivity contribution in [1.29, 1.82) is 0 Å². The molecule has 366 valence electrons. The Kier molecular flexibility index (Phi) is 14.2. The normalized spacial score (nSPS) is 17.2. The molecule has 0 radical (unpaired) electrons. The van der Waals surface area contributed by atoms with Gasteiger partial charge in [0, 0.05) is 75.7 Å². The van der Waals surface area contributed by atoms with Crippen molar-refractivity contribution in [3.63, 3.8) is 0 Å². The van der Waals surface area contributed by atoms with E-state index in [1.807, 2.05) is 49.4 Å². The van der Waals surface area contributed by atoms with Crippen LogP contribution in [0.1, 0.15) is 35.1 Å². The molecule has 2 fully saturated rings. The van der Waals surface area contributed by atoms with Gasteiger partial charge in [0.25, 0.3) is 5.91 Å². The van der Waals surface area contributed by atoms with Crippen LogP contribution in [0.25, 0.3) is 22.4 Å². The van der Waals surface area contributed by atoms with Gasteiger partial charge in [-0.2, -0.15) is 0 Å². The highest BCUT2D eigenvalue weighted by molar-refractivity contribution is 6.31. The molecular formula is C50H51ClF2N7O10+. The van der Waals surface area contributed by atoms with E-state index in [1.54, 1.807) is 40.3 Å². The number of pyridine rings is 2. The first kappa shape index (κ1) is 48.2. The highest BCUT2D eigenvalue weighted by atomic mass is 35.5. The highest BCUT2D eigenvalue weighted by Gasteiger charge is 2.53. The van der Waals surface area contributed by atoms with Crippen LogP contribution in [0.4, 0.5) is 20.4 Å². The van der Waals surface area contributed by atoms with Gasteiger partial charge in [-0.1, -0.05) is 41.9 Å². The number of nitrogens with one attached hydrogen (secondary N) is 1. The Morgan fingerprint density at radius 1 is 0.871 bits per heavy atom. The van der Waals surface area contributed by atoms with Crippen molar-refractivity contribution < 1.29 is 56.3 Å². The minimum Gasteiger partial charge on any atom is -0.479 e. The zero-order valence-corrected chi connectivity index (χ0v) is 39.1. The van der Waals surface area contributed by atoms with Gasteiger partial charge >= 0.3 is 6.29 Å². The molecule has 2 aromatic heterocycles. The Hall–Kier alpha value is -6.80. The lowest BCUT2D eigenvalue weighted by molar-refractivity contribution is -0.566. The number of carbonyl (C=O) groups is 3. The fraction of sp³-hybridized carbons (Fsp3) is 0.380. The number of nitroso groups, excluding NO2 is 1. The molecule has 5 aromatic rings. The molecular weight excluding hydrogens is 932 g/mol. The first-order chi connectivity index (χ1) is 33.7. The van der Waals surface area contributed by atoms with Crippen LogP contribution in [0.3, 0.4) is 0 Å². The lowest BCUT2D eigenvalue weighted by Crippen LogP contribution is -2.54. The molecule has 17 nitrogen and oxygen atoms in total.